The number of nitrogens with zero attached hydrogens (tertiary/aromatic N) is 1. The molecule has 5 heteroatoms. The molecule has 2 N–H and O–H groups in total. The highest BCUT2D eigenvalue weighted by molar-refractivity contribution is 5.68. The van der Waals surface area contributed by atoms with E-state index in [1.54, 1.807) is 4.90 Å². The number of hydrogen-bond donors (Lipinski definition) is 1. The Hall–Kier alpha value is -0.810. The molecule has 0 aromatic heterocycles. The molecule has 1 rings (SSSR count). The Morgan fingerprint density at radius 2 is 2.00 bits per heavy atom. The molecule has 0 spiro atoms. The molecule has 1 unspecified atom stereocenters. The Morgan fingerprint density at radius 3 is 2.50 bits per heavy atom. The molecule has 1 heterocycles. The maximum absolute atomic E-state index is 12.1. The molecule has 0 saturated carbocycles. The molecule has 0 radical (unpaired) electrons. The number of ether oxygens (including phenoxy) is 2. The first-order valence-corrected chi connectivity index (χ1v) is 6.45. The average Bonchev–Trinajstić information content (AvgIpc) is 2.12. The molecule has 18 heavy (non-hydrogen) atoms. The lowest BCUT2D eigenvalue weighted by molar-refractivity contribution is -0.0374. The second-order valence-electron chi connectivity index (χ2n) is 6.60. The first-order valence-electron chi connectivity index (χ1n) is 6.45. The van der Waals surface area contributed by atoms with Crippen LogP contribution in [-0.4, -0.2) is 47.9 Å². The SMILES string of the molecule is CC(C)(N)CC1COCCN1C(=O)OC(C)(C)C. The lowest BCUT2D eigenvalue weighted by Gasteiger charge is -2.39. The van der Waals surface area contributed by atoms with E-state index in [1.165, 1.54) is 0 Å². The van der Waals surface area contributed by atoms with E-state index in [0.717, 1.165) is 0 Å². The van der Waals surface area contributed by atoms with Crippen molar-refractivity contribution in [2.45, 2.75) is 58.2 Å². The van der Waals surface area contributed by atoms with Gasteiger partial charge >= 0.3 is 6.09 Å². The highest BCUT2D eigenvalue weighted by Crippen LogP contribution is 2.20. The molecule has 5 nitrogen and oxygen atoms in total. The van der Waals surface area contributed by atoms with Crippen LogP contribution in [0.5, 0.6) is 0 Å². The largest absolute Gasteiger partial charge is 0.444 e. The van der Waals surface area contributed by atoms with Gasteiger partial charge in [-0.25, -0.2) is 4.79 Å². The van der Waals surface area contributed by atoms with Gasteiger partial charge in [0.2, 0.25) is 0 Å². The first kappa shape index (κ1) is 15.2. The fraction of sp³-hybridized carbons (Fsp3) is 0.923. The third-order valence-corrected chi connectivity index (χ3v) is 2.62. The highest BCUT2D eigenvalue weighted by Gasteiger charge is 2.33. The van der Waals surface area contributed by atoms with Crippen molar-refractivity contribution in [3.05, 3.63) is 0 Å². The van der Waals surface area contributed by atoms with Crippen molar-refractivity contribution in [2.75, 3.05) is 19.8 Å². The summed E-state index contributed by atoms with van der Waals surface area (Å²) >= 11 is 0. The third kappa shape index (κ3) is 5.23. The summed E-state index contributed by atoms with van der Waals surface area (Å²) in [6, 6.07) is -0.00593. The van der Waals surface area contributed by atoms with Crippen molar-refractivity contribution in [3.8, 4) is 0 Å². The Kier molecular flexibility index (Phi) is 4.61. The van der Waals surface area contributed by atoms with Gasteiger partial charge in [0.05, 0.1) is 19.3 Å². The lowest BCUT2D eigenvalue weighted by atomic mass is 9.95. The zero-order valence-corrected chi connectivity index (χ0v) is 12.2. The second-order valence-corrected chi connectivity index (χ2v) is 6.60. The summed E-state index contributed by atoms with van der Waals surface area (Å²) in [7, 11) is 0. The molecule has 1 aliphatic rings. The minimum absolute atomic E-state index is 0.00593. The summed E-state index contributed by atoms with van der Waals surface area (Å²) in [6.07, 6.45) is 0.423. The van der Waals surface area contributed by atoms with Gasteiger partial charge in [-0.3, -0.25) is 0 Å². The van der Waals surface area contributed by atoms with Crippen LogP contribution in [0.4, 0.5) is 4.79 Å². The van der Waals surface area contributed by atoms with Crippen LogP contribution in [0, 0.1) is 0 Å². The molecular formula is C13H26N2O3. The standard InChI is InChI=1S/C13H26N2O3/c1-12(2,3)18-11(16)15-6-7-17-9-10(15)8-13(4,5)14/h10H,6-9,14H2,1-5H3. The number of nitrogens with two attached hydrogens (primary N) is 1. The van der Waals surface area contributed by atoms with Crippen molar-refractivity contribution in [2.24, 2.45) is 5.73 Å². The van der Waals surface area contributed by atoms with E-state index < -0.39 is 5.60 Å². The van der Waals surface area contributed by atoms with Gasteiger partial charge in [0.15, 0.2) is 0 Å². The summed E-state index contributed by atoms with van der Waals surface area (Å²) in [6.45, 7) is 11.2. The molecule has 1 atom stereocenters. The Balaban J connectivity index is 2.67. The highest BCUT2D eigenvalue weighted by atomic mass is 16.6. The van der Waals surface area contributed by atoms with E-state index in [0.29, 0.717) is 26.2 Å². The fourth-order valence-electron chi connectivity index (χ4n) is 1.99. The van der Waals surface area contributed by atoms with Gasteiger partial charge in [0, 0.05) is 12.1 Å². The normalized spacial score (nSPS) is 21.9. The minimum Gasteiger partial charge on any atom is -0.444 e. The van der Waals surface area contributed by atoms with Gasteiger partial charge in [0.25, 0.3) is 0 Å². The molecule has 106 valence electrons. The number of carbonyl (C=O) groups excluding carboxylic acids is 1. The van der Waals surface area contributed by atoms with Crippen LogP contribution in [0.15, 0.2) is 0 Å². The predicted molar refractivity (Wildman–Crippen MR) is 70.4 cm³/mol. The zero-order chi connectivity index (χ0) is 14.0. The zero-order valence-electron chi connectivity index (χ0n) is 12.2. The van der Waals surface area contributed by atoms with Crippen molar-refractivity contribution in [3.63, 3.8) is 0 Å². The second kappa shape index (κ2) is 5.45. The molecule has 1 fully saturated rings. The molecule has 1 aliphatic heterocycles. The van der Waals surface area contributed by atoms with Crippen LogP contribution in [0.3, 0.4) is 0 Å². The Bertz CT molecular complexity index is 292. The van der Waals surface area contributed by atoms with Crippen molar-refractivity contribution < 1.29 is 14.3 Å². The van der Waals surface area contributed by atoms with Gasteiger partial charge < -0.3 is 20.1 Å². The van der Waals surface area contributed by atoms with Crippen molar-refractivity contribution in [1.82, 2.24) is 4.90 Å². The summed E-state index contributed by atoms with van der Waals surface area (Å²) in [5, 5.41) is 0. The van der Waals surface area contributed by atoms with E-state index >= 15 is 0 Å². The van der Waals surface area contributed by atoms with E-state index in [9.17, 15) is 4.79 Å². The van der Waals surface area contributed by atoms with Crippen LogP contribution in [0.2, 0.25) is 0 Å². The average molecular weight is 258 g/mol. The van der Waals surface area contributed by atoms with Gasteiger partial charge in [0.1, 0.15) is 5.60 Å². The third-order valence-electron chi connectivity index (χ3n) is 2.62. The number of rotatable bonds is 2. The van der Waals surface area contributed by atoms with Crippen LogP contribution in [0.25, 0.3) is 0 Å². The Labute approximate surface area is 110 Å². The summed E-state index contributed by atoms with van der Waals surface area (Å²) < 4.78 is 10.8. The summed E-state index contributed by atoms with van der Waals surface area (Å²) in [5.74, 6) is 0. The van der Waals surface area contributed by atoms with Crippen LogP contribution < -0.4 is 5.73 Å². The van der Waals surface area contributed by atoms with Gasteiger partial charge in [-0.15, -0.1) is 0 Å². The number of hydrogen-bond acceptors (Lipinski definition) is 4. The predicted octanol–water partition coefficient (Wildman–Crippen LogP) is 1.75. The minimum atomic E-state index is -0.474. The fourth-order valence-corrected chi connectivity index (χ4v) is 1.99. The maximum atomic E-state index is 12.1. The molecule has 0 aliphatic carbocycles. The van der Waals surface area contributed by atoms with Crippen LogP contribution in [-0.2, 0) is 9.47 Å². The van der Waals surface area contributed by atoms with Gasteiger partial charge in [-0.05, 0) is 41.0 Å². The van der Waals surface area contributed by atoms with E-state index in [-0.39, 0.29) is 17.7 Å². The van der Waals surface area contributed by atoms with Crippen LogP contribution >= 0.6 is 0 Å². The molecule has 0 aromatic carbocycles. The van der Waals surface area contributed by atoms with E-state index in [2.05, 4.69) is 0 Å². The number of amides is 1. The molecular weight excluding hydrogens is 232 g/mol. The number of carbonyl (C=O) groups is 1. The monoisotopic (exact) mass is 258 g/mol. The van der Waals surface area contributed by atoms with E-state index in [4.69, 9.17) is 15.2 Å². The summed E-state index contributed by atoms with van der Waals surface area (Å²) in [4.78, 5) is 13.9. The topological polar surface area (TPSA) is 64.8 Å². The van der Waals surface area contributed by atoms with Crippen molar-refractivity contribution in [1.29, 1.82) is 0 Å². The van der Waals surface area contributed by atoms with Crippen LogP contribution in [0.1, 0.15) is 41.0 Å². The lowest BCUT2D eigenvalue weighted by Crippen LogP contribution is -2.53. The smallest absolute Gasteiger partial charge is 0.410 e. The molecule has 1 saturated heterocycles. The molecule has 0 bridgehead atoms. The van der Waals surface area contributed by atoms with Crippen molar-refractivity contribution >= 4 is 6.09 Å². The quantitative estimate of drug-likeness (QED) is 0.819. The summed E-state index contributed by atoms with van der Waals surface area (Å²) in [5.41, 5.74) is 5.22. The van der Waals surface area contributed by atoms with Gasteiger partial charge in [-0.1, -0.05) is 0 Å². The van der Waals surface area contributed by atoms with Gasteiger partial charge in [-0.2, -0.15) is 0 Å². The molecule has 0 aromatic rings. The first-order chi connectivity index (χ1) is 8.08. The molecule has 1 amide bonds. The maximum Gasteiger partial charge on any atom is 0.410 e. The Morgan fingerprint density at radius 1 is 1.39 bits per heavy atom. The van der Waals surface area contributed by atoms with E-state index in [1.807, 2.05) is 34.6 Å². The number of morpholine rings is 1.